The highest BCUT2D eigenvalue weighted by molar-refractivity contribution is 7.91. The Morgan fingerprint density at radius 1 is 1.10 bits per heavy atom. The molecule has 0 atom stereocenters. The smallest absolute Gasteiger partial charge is 0.178 e. The molecule has 0 saturated carbocycles. The van der Waals surface area contributed by atoms with Crippen LogP contribution in [0.2, 0.25) is 0 Å². The third-order valence-electron chi connectivity index (χ3n) is 2.95. The SMILES string of the molecule is CCCS(=O)(=O)c1ccc(NCc2ccc(C)s2)cc1. The van der Waals surface area contributed by atoms with E-state index in [1.807, 2.05) is 19.1 Å². The average Bonchev–Trinajstić information content (AvgIpc) is 2.83. The lowest BCUT2D eigenvalue weighted by atomic mass is 10.3. The second-order valence-electron chi connectivity index (χ2n) is 4.71. The molecule has 0 radical (unpaired) electrons. The molecule has 0 unspecified atom stereocenters. The van der Waals surface area contributed by atoms with Crippen LogP contribution in [-0.4, -0.2) is 14.2 Å². The first-order valence-corrected chi connectivity index (χ1v) is 9.10. The Morgan fingerprint density at radius 2 is 1.80 bits per heavy atom. The first-order chi connectivity index (χ1) is 9.51. The normalized spacial score (nSPS) is 11.5. The van der Waals surface area contributed by atoms with Crippen LogP contribution in [0.15, 0.2) is 41.3 Å². The summed E-state index contributed by atoms with van der Waals surface area (Å²) >= 11 is 1.76. The van der Waals surface area contributed by atoms with Crippen LogP contribution in [0.1, 0.15) is 23.1 Å². The first kappa shape index (κ1) is 15.1. The van der Waals surface area contributed by atoms with E-state index in [4.69, 9.17) is 0 Å². The van der Waals surface area contributed by atoms with Crippen LogP contribution in [0.5, 0.6) is 0 Å². The van der Waals surface area contributed by atoms with Crippen molar-refractivity contribution < 1.29 is 8.42 Å². The Bertz CT molecular complexity index is 657. The molecule has 1 heterocycles. The quantitative estimate of drug-likeness (QED) is 0.881. The minimum Gasteiger partial charge on any atom is -0.380 e. The monoisotopic (exact) mass is 309 g/mol. The van der Waals surface area contributed by atoms with Gasteiger partial charge in [-0.25, -0.2) is 8.42 Å². The van der Waals surface area contributed by atoms with Gasteiger partial charge >= 0.3 is 0 Å². The van der Waals surface area contributed by atoms with Crippen LogP contribution in [0.4, 0.5) is 5.69 Å². The van der Waals surface area contributed by atoms with Crippen LogP contribution in [0.3, 0.4) is 0 Å². The molecule has 3 nitrogen and oxygen atoms in total. The van der Waals surface area contributed by atoms with Gasteiger partial charge in [0.15, 0.2) is 9.84 Å². The van der Waals surface area contributed by atoms with Gasteiger partial charge in [0.25, 0.3) is 0 Å². The Kier molecular flexibility index (Phi) is 4.83. The molecule has 1 aromatic heterocycles. The van der Waals surface area contributed by atoms with E-state index in [2.05, 4.69) is 24.4 Å². The zero-order valence-corrected chi connectivity index (χ0v) is 13.4. The van der Waals surface area contributed by atoms with Crippen LogP contribution in [-0.2, 0) is 16.4 Å². The number of benzene rings is 1. The van der Waals surface area contributed by atoms with Crippen molar-refractivity contribution in [2.24, 2.45) is 0 Å². The molecule has 0 aliphatic heterocycles. The molecule has 1 aromatic carbocycles. The van der Waals surface area contributed by atoms with Crippen LogP contribution < -0.4 is 5.32 Å². The number of hydrogen-bond acceptors (Lipinski definition) is 4. The summed E-state index contributed by atoms with van der Waals surface area (Å²) in [5, 5.41) is 3.30. The van der Waals surface area contributed by atoms with Crippen molar-refractivity contribution in [1.82, 2.24) is 0 Å². The largest absolute Gasteiger partial charge is 0.380 e. The summed E-state index contributed by atoms with van der Waals surface area (Å²) in [5.74, 6) is 0.203. The van der Waals surface area contributed by atoms with Gasteiger partial charge in [-0.1, -0.05) is 6.92 Å². The number of sulfone groups is 1. The second-order valence-corrected chi connectivity index (χ2v) is 8.19. The maximum absolute atomic E-state index is 11.9. The maximum atomic E-state index is 11.9. The van der Waals surface area contributed by atoms with Crippen molar-refractivity contribution >= 4 is 26.9 Å². The Hall–Kier alpha value is -1.33. The number of aryl methyl sites for hydroxylation is 1. The highest BCUT2D eigenvalue weighted by Crippen LogP contribution is 2.19. The summed E-state index contributed by atoms with van der Waals surface area (Å²) in [6.45, 7) is 4.72. The van der Waals surface area contributed by atoms with Gasteiger partial charge in [0.05, 0.1) is 10.6 Å². The lowest BCUT2D eigenvalue weighted by Crippen LogP contribution is -2.06. The van der Waals surface area contributed by atoms with Gasteiger partial charge in [-0.15, -0.1) is 11.3 Å². The summed E-state index contributed by atoms with van der Waals surface area (Å²) in [5.41, 5.74) is 0.937. The summed E-state index contributed by atoms with van der Waals surface area (Å²) < 4.78 is 23.8. The number of anilines is 1. The van der Waals surface area contributed by atoms with Gasteiger partial charge in [0, 0.05) is 22.0 Å². The molecular formula is C15H19NO2S2. The molecule has 1 N–H and O–H groups in total. The summed E-state index contributed by atoms with van der Waals surface area (Å²) in [6.07, 6.45) is 0.639. The lowest BCUT2D eigenvalue weighted by molar-refractivity contribution is 0.595. The fourth-order valence-electron chi connectivity index (χ4n) is 1.94. The fourth-order valence-corrected chi connectivity index (χ4v) is 4.09. The van der Waals surface area contributed by atoms with Gasteiger partial charge < -0.3 is 5.32 Å². The van der Waals surface area contributed by atoms with Gasteiger partial charge in [-0.3, -0.25) is 0 Å². The summed E-state index contributed by atoms with van der Waals surface area (Å²) in [6, 6.07) is 11.2. The molecule has 20 heavy (non-hydrogen) atoms. The average molecular weight is 309 g/mol. The molecular weight excluding hydrogens is 290 g/mol. The predicted molar refractivity (Wildman–Crippen MR) is 85.2 cm³/mol. The fraction of sp³-hybridized carbons (Fsp3) is 0.333. The van der Waals surface area contributed by atoms with Gasteiger partial charge in [-0.2, -0.15) is 0 Å². The highest BCUT2D eigenvalue weighted by atomic mass is 32.2. The van der Waals surface area contributed by atoms with Crippen molar-refractivity contribution in [2.45, 2.75) is 31.7 Å². The van der Waals surface area contributed by atoms with Crippen LogP contribution >= 0.6 is 11.3 Å². The standard InChI is InChI=1S/C15H19NO2S2/c1-3-10-20(17,18)15-8-5-13(6-9-15)16-11-14-7-4-12(2)19-14/h4-9,16H,3,10-11H2,1-2H3. The Labute approximate surface area is 124 Å². The zero-order chi connectivity index (χ0) is 14.6. The zero-order valence-electron chi connectivity index (χ0n) is 11.7. The second kappa shape index (κ2) is 6.41. The molecule has 0 amide bonds. The van der Waals surface area contributed by atoms with Gasteiger partial charge in [0.1, 0.15) is 0 Å². The minimum absolute atomic E-state index is 0.203. The lowest BCUT2D eigenvalue weighted by Gasteiger charge is -2.07. The predicted octanol–water partition coefficient (Wildman–Crippen LogP) is 3.85. The van der Waals surface area contributed by atoms with Crippen LogP contribution in [0.25, 0.3) is 0 Å². The molecule has 2 rings (SSSR count). The molecule has 2 aromatic rings. The van der Waals surface area contributed by atoms with Crippen molar-refractivity contribution in [3.05, 3.63) is 46.2 Å². The maximum Gasteiger partial charge on any atom is 0.178 e. The number of thiophene rings is 1. The van der Waals surface area contributed by atoms with Crippen molar-refractivity contribution in [1.29, 1.82) is 0 Å². The van der Waals surface area contributed by atoms with E-state index in [0.29, 0.717) is 11.3 Å². The van der Waals surface area contributed by atoms with E-state index in [0.717, 1.165) is 12.2 Å². The van der Waals surface area contributed by atoms with Crippen molar-refractivity contribution in [2.75, 3.05) is 11.1 Å². The van der Waals surface area contributed by atoms with E-state index in [1.54, 1.807) is 23.5 Å². The van der Waals surface area contributed by atoms with E-state index in [-0.39, 0.29) is 5.75 Å². The minimum atomic E-state index is -3.12. The highest BCUT2D eigenvalue weighted by Gasteiger charge is 2.12. The molecule has 0 aliphatic rings. The third-order valence-corrected chi connectivity index (χ3v) is 5.89. The Balaban J connectivity index is 2.01. The molecule has 0 saturated heterocycles. The number of nitrogens with one attached hydrogen (secondary N) is 1. The summed E-state index contributed by atoms with van der Waals surface area (Å²) in [4.78, 5) is 2.96. The van der Waals surface area contributed by atoms with Crippen molar-refractivity contribution in [3.63, 3.8) is 0 Å². The molecule has 0 spiro atoms. The number of hydrogen-bond donors (Lipinski definition) is 1. The van der Waals surface area contributed by atoms with Crippen LogP contribution in [0, 0.1) is 6.92 Å². The molecule has 5 heteroatoms. The van der Waals surface area contributed by atoms with E-state index in [9.17, 15) is 8.42 Å². The van der Waals surface area contributed by atoms with Gasteiger partial charge in [-0.05, 0) is 49.7 Å². The Morgan fingerprint density at radius 3 is 2.35 bits per heavy atom. The summed E-state index contributed by atoms with van der Waals surface area (Å²) in [7, 11) is -3.12. The molecule has 0 bridgehead atoms. The van der Waals surface area contributed by atoms with E-state index >= 15 is 0 Å². The topological polar surface area (TPSA) is 46.2 Å². The van der Waals surface area contributed by atoms with Gasteiger partial charge in [0.2, 0.25) is 0 Å². The van der Waals surface area contributed by atoms with E-state index < -0.39 is 9.84 Å². The molecule has 0 fully saturated rings. The number of rotatable bonds is 6. The first-order valence-electron chi connectivity index (χ1n) is 6.63. The molecule has 108 valence electrons. The molecule has 0 aliphatic carbocycles. The van der Waals surface area contributed by atoms with Crippen molar-refractivity contribution in [3.8, 4) is 0 Å². The van der Waals surface area contributed by atoms with E-state index in [1.165, 1.54) is 9.75 Å². The third kappa shape index (κ3) is 3.84.